The van der Waals surface area contributed by atoms with E-state index in [4.69, 9.17) is 4.74 Å². The summed E-state index contributed by atoms with van der Waals surface area (Å²) in [6.45, 7) is 7.22. The zero-order valence-electron chi connectivity index (χ0n) is 9.62. The van der Waals surface area contributed by atoms with Gasteiger partial charge in [-0.25, -0.2) is 0 Å². The molecule has 0 heterocycles. The topological polar surface area (TPSA) is 29.5 Å². The molecule has 82 valence electrons. The number of ether oxygens (including phenoxy) is 1. The van der Waals surface area contributed by atoms with Crippen LogP contribution in [0.2, 0.25) is 0 Å². The fourth-order valence-corrected chi connectivity index (χ4v) is 1.46. The molecule has 0 aromatic rings. The minimum atomic E-state index is 0.0952. The number of amides is 1. The lowest BCUT2D eigenvalue weighted by Gasteiger charge is -2.17. The molecule has 1 aliphatic rings. The zero-order chi connectivity index (χ0) is 10.7. The van der Waals surface area contributed by atoms with E-state index in [1.165, 1.54) is 6.42 Å². The monoisotopic (exact) mass is 199 g/mol. The van der Waals surface area contributed by atoms with Crippen LogP contribution < -0.4 is 0 Å². The molecule has 0 aromatic heterocycles. The van der Waals surface area contributed by atoms with Gasteiger partial charge < -0.3 is 9.64 Å². The smallest absolute Gasteiger partial charge is 0.248 e. The Balaban J connectivity index is 2.16. The first-order chi connectivity index (χ1) is 6.50. The maximum Gasteiger partial charge on any atom is 0.248 e. The Labute approximate surface area is 86.4 Å². The number of hydrogen-bond acceptors (Lipinski definition) is 2. The summed E-state index contributed by atoms with van der Waals surface area (Å²) in [5, 5.41) is 0. The van der Waals surface area contributed by atoms with Crippen LogP contribution in [0, 0.1) is 11.8 Å². The molecule has 2 atom stereocenters. The second-order valence-electron chi connectivity index (χ2n) is 4.61. The first-order valence-corrected chi connectivity index (χ1v) is 5.36. The fraction of sp³-hybridized carbons (Fsp3) is 0.909. The number of carbonyl (C=O) groups is 1. The zero-order valence-corrected chi connectivity index (χ0v) is 9.62. The Kier molecular flexibility index (Phi) is 3.93. The number of rotatable bonds is 5. The minimum absolute atomic E-state index is 0.0952. The Bertz CT molecular complexity index is 203. The van der Waals surface area contributed by atoms with Crippen molar-refractivity contribution in [3.05, 3.63) is 0 Å². The van der Waals surface area contributed by atoms with Crippen molar-refractivity contribution in [1.29, 1.82) is 0 Å². The highest BCUT2D eigenvalue weighted by molar-refractivity contribution is 5.77. The Morgan fingerprint density at radius 3 is 2.57 bits per heavy atom. The molecule has 3 heteroatoms. The molecule has 2 unspecified atom stereocenters. The van der Waals surface area contributed by atoms with Crippen molar-refractivity contribution in [2.24, 2.45) is 11.8 Å². The molecule has 0 aliphatic heterocycles. The second-order valence-corrected chi connectivity index (χ2v) is 4.61. The van der Waals surface area contributed by atoms with Crippen LogP contribution in [0.25, 0.3) is 0 Å². The molecule has 1 amide bonds. The van der Waals surface area contributed by atoms with E-state index in [1.54, 1.807) is 4.90 Å². The molecule has 3 nitrogen and oxygen atoms in total. The maximum absolute atomic E-state index is 11.5. The van der Waals surface area contributed by atoms with Gasteiger partial charge in [0.15, 0.2) is 0 Å². The summed E-state index contributed by atoms with van der Waals surface area (Å²) < 4.78 is 5.26. The Hall–Kier alpha value is -0.570. The third-order valence-electron chi connectivity index (χ3n) is 2.75. The van der Waals surface area contributed by atoms with Crippen molar-refractivity contribution < 1.29 is 9.53 Å². The highest BCUT2D eigenvalue weighted by Gasteiger charge is 2.34. The summed E-state index contributed by atoms with van der Waals surface area (Å²) in [6.07, 6.45) is 1.40. The highest BCUT2D eigenvalue weighted by atomic mass is 16.5. The summed E-state index contributed by atoms with van der Waals surface area (Å²) in [4.78, 5) is 13.3. The normalized spacial score (nSPS) is 25.2. The minimum Gasteiger partial charge on any atom is -0.369 e. The standard InChI is InChI=1S/C11H21NO2/c1-8(2)14-7-11(13)12(4)6-10-5-9(10)3/h8-10H,5-7H2,1-4H3. The molecular weight excluding hydrogens is 178 g/mol. The summed E-state index contributed by atoms with van der Waals surface area (Å²) >= 11 is 0. The largest absolute Gasteiger partial charge is 0.369 e. The van der Waals surface area contributed by atoms with Crippen molar-refractivity contribution in [3.8, 4) is 0 Å². The van der Waals surface area contributed by atoms with Crippen LogP contribution >= 0.6 is 0 Å². The number of likely N-dealkylation sites (N-methyl/N-ethyl adjacent to an activating group) is 1. The second kappa shape index (κ2) is 4.78. The van der Waals surface area contributed by atoms with E-state index >= 15 is 0 Å². The molecule has 0 aromatic carbocycles. The van der Waals surface area contributed by atoms with Gasteiger partial charge in [-0.1, -0.05) is 6.92 Å². The quantitative estimate of drug-likeness (QED) is 0.672. The van der Waals surface area contributed by atoms with Gasteiger partial charge in [0, 0.05) is 13.6 Å². The first kappa shape index (κ1) is 11.5. The van der Waals surface area contributed by atoms with E-state index in [9.17, 15) is 4.79 Å². The molecule has 0 spiro atoms. The molecule has 1 fully saturated rings. The summed E-state index contributed by atoms with van der Waals surface area (Å²) in [5.41, 5.74) is 0. The van der Waals surface area contributed by atoms with Gasteiger partial charge in [-0.3, -0.25) is 4.79 Å². The lowest BCUT2D eigenvalue weighted by Crippen LogP contribution is -2.33. The average Bonchev–Trinajstić information content (AvgIpc) is 2.77. The SMILES string of the molecule is CC(C)OCC(=O)N(C)CC1CC1C. The molecule has 1 aliphatic carbocycles. The molecular formula is C11H21NO2. The predicted octanol–water partition coefficient (Wildman–Crippen LogP) is 1.53. The van der Waals surface area contributed by atoms with Crippen molar-refractivity contribution in [1.82, 2.24) is 4.90 Å². The van der Waals surface area contributed by atoms with Crippen molar-refractivity contribution >= 4 is 5.91 Å². The van der Waals surface area contributed by atoms with E-state index < -0.39 is 0 Å². The molecule has 0 N–H and O–H groups in total. The van der Waals surface area contributed by atoms with Crippen LogP contribution in [0.1, 0.15) is 27.2 Å². The van der Waals surface area contributed by atoms with E-state index in [2.05, 4.69) is 6.92 Å². The van der Waals surface area contributed by atoms with Crippen LogP contribution in [0.3, 0.4) is 0 Å². The van der Waals surface area contributed by atoms with Gasteiger partial charge in [-0.15, -0.1) is 0 Å². The van der Waals surface area contributed by atoms with Gasteiger partial charge in [-0.05, 0) is 32.1 Å². The van der Waals surface area contributed by atoms with Crippen LogP contribution in [0.5, 0.6) is 0 Å². The van der Waals surface area contributed by atoms with E-state index in [1.807, 2.05) is 20.9 Å². The number of hydrogen-bond donors (Lipinski definition) is 0. The summed E-state index contributed by atoms with van der Waals surface area (Å²) in [7, 11) is 1.86. The molecule has 0 radical (unpaired) electrons. The average molecular weight is 199 g/mol. The fourth-order valence-electron chi connectivity index (χ4n) is 1.46. The van der Waals surface area contributed by atoms with Gasteiger partial charge in [0.25, 0.3) is 0 Å². The van der Waals surface area contributed by atoms with Gasteiger partial charge >= 0.3 is 0 Å². The van der Waals surface area contributed by atoms with Gasteiger partial charge in [0.1, 0.15) is 6.61 Å². The number of carbonyl (C=O) groups excluding carboxylic acids is 1. The van der Waals surface area contributed by atoms with Crippen LogP contribution in [-0.2, 0) is 9.53 Å². The van der Waals surface area contributed by atoms with E-state index in [0.717, 1.165) is 18.4 Å². The Morgan fingerprint density at radius 2 is 2.14 bits per heavy atom. The predicted molar refractivity (Wildman–Crippen MR) is 56.0 cm³/mol. The maximum atomic E-state index is 11.5. The summed E-state index contributed by atoms with van der Waals surface area (Å²) in [6, 6.07) is 0. The van der Waals surface area contributed by atoms with Crippen LogP contribution in [-0.4, -0.2) is 37.1 Å². The third-order valence-corrected chi connectivity index (χ3v) is 2.75. The lowest BCUT2D eigenvalue weighted by atomic mass is 10.3. The van der Waals surface area contributed by atoms with Gasteiger partial charge in [0.05, 0.1) is 6.10 Å². The van der Waals surface area contributed by atoms with Crippen LogP contribution in [0.4, 0.5) is 0 Å². The van der Waals surface area contributed by atoms with Crippen molar-refractivity contribution in [3.63, 3.8) is 0 Å². The molecule has 1 rings (SSSR count). The van der Waals surface area contributed by atoms with E-state index in [-0.39, 0.29) is 18.6 Å². The summed E-state index contributed by atoms with van der Waals surface area (Å²) in [5.74, 6) is 1.62. The molecule has 1 saturated carbocycles. The van der Waals surface area contributed by atoms with Gasteiger partial charge in [-0.2, -0.15) is 0 Å². The number of nitrogens with zero attached hydrogens (tertiary/aromatic N) is 1. The lowest BCUT2D eigenvalue weighted by molar-refractivity contribution is -0.136. The highest BCUT2D eigenvalue weighted by Crippen LogP contribution is 2.37. The van der Waals surface area contributed by atoms with Crippen LogP contribution in [0.15, 0.2) is 0 Å². The van der Waals surface area contributed by atoms with Crippen molar-refractivity contribution in [2.75, 3.05) is 20.2 Å². The molecule has 14 heavy (non-hydrogen) atoms. The molecule has 0 saturated heterocycles. The Morgan fingerprint density at radius 1 is 1.57 bits per heavy atom. The third kappa shape index (κ3) is 3.66. The first-order valence-electron chi connectivity index (χ1n) is 5.36. The van der Waals surface area contributed by atoms with E-state index in [0.29, 0.717) is 0 Å². The van der Waals surface area contributed by atoms with Crippen molar-refractivity contribution in [2.45, 2.75) is 33.3 Å². The molecule has 0 bridgehead atoms. The van der Waals surface area contributed by atoms with Gasteiger partial charge in [0.2, 0.25) is 5.91 Å².